The van der Waals surface area contributed by atoms with Gasteiger partial charge in [-0.15, -0.1) is 0 Å². The molecule has 20 heavy (non-hydrogen) atoms. The highest BCUT2D eigenvalue weighted by atomic mass is 19.3. The number of hydrogen-bond donors (Lipinski definition) is 0. The van der Waals surface area contributed by atoms with E-state index in [9.17, 15) is 22.0 Å². The molecule has 2 nitrogen and oxygen atoms in total. The molecule has 1 aliphatic rings. The Morgan fingerprint density at radius 3 is 2.35 bits per heavy atom. The fourth-order valence-corrected chi connectivity index (χ4v) is 1.51. The smallest absolute Gasteiger partial charge is 0.336 e. The standard InChI is InChI=1S/C13H6F5NO/c14-9-3-8(7-19)4-11(5-9)20-10-1-2-12(15,16)13(17,18)6-10/h1-6H. The first-order valence-electron chi connectivity index (χ1n) is 5.30. The van der Waals surface area contributed by atoms with Crippen molar-refractivity contribution >= 4 is 0 Å². The number of nitrogens with zero attached hydrogens (tertiary/aromatic N) is 1. The fraction of sp³-hybridized carbons (Fsp3) is 0.154. The van der Waals surface area contributed by atoms with Gasteiger partial charge in [0, 0.05) is 12.1 Å². The summed E-state index contributed by atoms with van der Waals surface area (Å²) >= 11 is 0. The van der Waals surface area contributed by atoms with Crippen LogP contribution in [0.4, 0.5) is 22.0 Å². The van der Waals surface area contributed by atoms with Crippen molar-refractivity contribution in [2.24, 2.45) is 0 Å². The van der Waals surface area contributed by atoms with E-state index in [1.807, 2.05) is 0 Å². The second kappa shape index (κ2) is 4.63. The van der Waals surface area contributed by atoms with Crippen LogP contribution in [0.2, 0.25) is 0 Å². The molecule has 1 aromatic carbocycles. The first kappa shape index (κ1) is 14.1. The summed E-state index contributed by atoms with van der Waals surface area (Å²) in [5.41, 5.74) is -0.0857. The van der Waals surface area contributed by atoms with E-state index in [0.29, 0.717) is 6.08 Å². The van der Waals surface area contributed by atoms with Crippen LogP contribution in [-0.2, 0) is 0 Å². The van der Waals surface area contributed by atoms with Crippen molar-refractivity contribution in [3.05, 3.63) is 53.6 Å². The number of benzene rings is 1. The Morgan fingerprint density at radius 1 is 1.05 bits per heavy atom. The third-order valence-electron chi connectivity index (χ3n) is 2.46. The Morgan fingerprint density at radius 2 is 1.75 bits per heavy atom. The van der Waals surface area contributed by atoms with Crippen molar-refractivity contribution in [1.82, 2.24) is 0 Å². The summed E-state index contributed by atoms with van der Waals surface area (Å²) in [6.45, 7) is 0. The Bertz CT molecular complexity index is 643. The molecule has 0 unspecified atom stereocenters. The zero-order valence-corrected chi connectivity index (χ0v) is 9.71. The van der Waals surface area contributed by atoms with Crippen LogP contribution in [0.5, 0.6) is 5.75 Å². The maximum Gasteiger partial charge on any atom is 0.336 e. The predicted octanol–water partition coefficient (Wildman–Crippen LogP) is 3.80. The quantitative estimate of drug-likeness (QED) is 0.775. The van der Waals surface area contributed by atoms with Crippen molar-refractivity contribution in [2.75, 3.05) is 0 Å². The lowest BCUT2D eigenvalue weighted by atomic mass is 10.1. The van der Waals surface area contributed by atoms with E-state index >= 15 is 0 Å². The van der Waals surface area contributed by atoms with Crippen molar-refractivity contribution in [2.45, 2.75) is 11.8 Å². The molecule has 0 heterocycles. The summed E-state index contributed by atoms with van der Waals surface area (Å²) in [6.07, 6.45) is 0.616. The van der Waals surface area contributed by atoms with Crippen LogP contribution in [0.1, 0.15) is 5.56 Å². The lowest BCUT2D eigenvalue weighted by Gasteiger charge is -2.24. The van der Waals surface area contributed by atoms with Gasteiger partial charge in [0.25, 0.3) is 0 Å². The van der Waals surface area contributed by atoms with Gasteiger partial charge in [0.2, 0.25) is 0 Å². The van der Waals surface area contributed by atoms with E-state index in [1.165, 1.54) is 0 Å². The second-order valence-corrected chi connectivity index (χ2v) is 4.02. The summed E-state index contributed by atoms with van der Waals surface area (Å²) in [4.78, 5) is 0. The average molecular weight is 287 g/mol. The molecule has 0 N–H and O–H groups in total. The topological polar surface area (TPSA) is 33.0 Å². The third-order valence-corrected chi connectivity index (χ3v) is 2.46. The van der Waals surface area contributed by atoms with Crippen LogP contribution in [0.3, 0.4) is 0 Å². The zero-order valence-electron chi connectivity index (χ0n) is 9.71. The molecule has 0 amide bonds. The number of nitriles is 1. The van der Waals surface area contributed by atoms with E-state index in [-0.39, 0.29) is 23.5 Å². The minimum absolute atomic E-state index is 0.00678. The Kier molecular flexibility index (Phi) is 3.26. The van der Waals surface area contributed by atoms with Gasteiger partial charge in [-0.25, -0.2) is 4.39 Å². The molecule has 7 heteroatoms. The minimum atomic E-state index is -4.40. The van der Waals surface area contributed by atoms with Crippen LogP contribution < -0.4 is 4.74 Å². The Balaban J connectivity index is 2.29. The monoisotopic (exact) mass is 287 g/mol. The van der Waals surface area contributed by atoms with Crippen molar-refractivity contribution < 1.29 is 26.7 Å². The third kappa shape index (κ3) is 2.64. The predicted molar refractivity (Wildman–Crippen MR) is 58.9 cm³/mol. The van der Waals surface area contributed by atoms with Gasteiger partial charge in [-0.2, -0.15) is 22.8 Å². The van der Waals surface area contributed by atoms with E-state index in [2.05, 4.69) is 0 Å². The van der Waals surface area contributed by atoms with Gasteiger partial charge >= 0.3 is 11.8 Å². The Hall–Kier alpha value is -2.36. The van der Waals surface area contributed by atoms with Gasteiger partial charge in [-0.05, 0) is 24.3 Å². The maximum absolute atomic E-state index is 13.1. The van der Waals surface area contributed by atoms with Crippen LogP contribution in [0, 0.1) is 17.1 Å². The summed E-state index contributed by atoms with van der Waals surface area (Å²) in [6, 6.07) is 4.51. The normalized spacial score (nSPS) is 19.1. The van der Waals surface area contributed by atoms with Crippen LogP contribution in [0.25, 0.3) is 0 Å². The van der Waals surface area contributed by atoms with Crippen LogP contribution in [-0.4, -0.2) is 11.8 Å². The molecule has 0 radical (unpaired) electrons. The number of allylic oxidation sites excluding steroid dienone is 3. The van der Waals surface area contributed by atoms with Crippen LogP contribution >= 0.6 is 0 Å². The minimum Gasteiger partial charge on any atom is -0.457 e. The van der Waals surface area contributed by atoms with E-state index in [0.717, 1.165) is 18.2 Å². The largest absolute Gasteiger partial charge is 0.457 e. The summed E-state index contributed by atoms with van der Waals surface area (Å²) in [5, 5.41) is 8.62. The molecule has 2 rings (SSSR count). The molecule has 0 saturated carbocycles. The molecular formula is C13H6F5NO. The Labute approximate surface area is 110 Å². The van der Waals surface area contributed by atoms with E-state index in [4.69, 9.17) is 10.00 Å². The molecule has 0 aromatic heterocycles. The molecule has 0 atom stereocenters. The number of rotatable bonds is 2. The SMILES string of the molecule is N#Cc1cc(F)cc(OC2=CC(F)(F)C(F)(F)C=C2)c1. The highest BCUT2D eigenvalue weighted by molar-refractivity contribution is 5.39. The van der Waals surface area contributed by atoms with Gasteiger partial charge in [-0.1, -0.05) is 0 Å². The summed E-state index contributed by atoms with van der Waals surface area (Å²) < 4.78 is 69.8. The average Bonchev–Trinajstić information content (AvgIpc) is 2.33. The number of halogens is 5. The molecule has 1 aromatic rings. The molecule has 1 aliphatic carbocycles. The van der Waals surface area contributed by atoms with Gasteiger partial charge in [0.05, 0.1) is 11.6 Å². The molecule has 104 valence electrons. The van der Waals surface area contributed by atoms with Crippen molar-refractivity contribution in [1.29, 1.82) is 5.26 Å². The lowest BCUT2D eigenvalue weighted by molar-refractivity contribution is -0.149. The molecule has 0 aliphatic heterocycles. The first-order chi connectivity index (χ1) is 9.23. The maximum atomic E-state index is 13.1. The number of hydrogen-bond acceptors (Lipinski definition) is 2. The highest BCUT2D eigenvalue weighted by Crippen LogP contribution is 2.40. The fourth-order valence-electron chi connectivity index (χ4n) is 1.51. The summed E-state index contributed by atoms with van der Waals surface area (Å²) in [5.74, 6) is -10.3. The lowest BCUT2D eigenvalue weighted by Crippen LogP contribution is -2.39. The van der Waals surface area contributed by atoms with Crippen molar-refractivity contribution in [3.63, 3.8) is 0 Å². The summed E-state index contributed by atoms with van der Waals surface area (Å²) in [7, 11) is 0. The molecular weight excluding hydrogens is 281 g/mol. The molecule has 0 saturated heterocycles. The second-order valence-electron chi connectivity index (χ2n) is 4.02. The van der Waals surface area contributed by atoms with Gasteiger partial charge in [0.15, 0.2) is 0 Å². The van der Waals surface area contributed by atoms with Crippen molar-refractivity contribution in [3.8, 4) is 11.8 Å². The van der Waals surface area contributed by atoms with Gasteiger partial charge in [0.1, 0.15) is 17.3 Å². The van der Waals surface area contributed by atoms with E-state index in [1.54, 1.807) is 6.07 Å². The first-order valence-corrected chi connectivity index (χ1v) is 5.30. The van der Waals surface area contributed by atoms with Gasteiger partial charge in [-0.3, -0.25) is 0 Å². The molecule has 0 spiro atoms. The zero-order chi connectivity index (χ0) is 15.0. The van der Waals surface area contributed by atoms with Gasteiger partial charge < -0.3 is 4.74 Å². The van der Waals surface area contributed by atoms with E-state index < -0.39 is 23.4 Å². The number of alkyl halides is 4. The molecule has 0 fully saturated rings. The number of ether oxygens (including phenoxy) is 1. The highest BCUT2D eigenvalue weighted by Gasteiger charge is 2.54. The molecule has 0 bridgehead atoms. The van der Waals surface area contributed by atoms with Crippen LogP contribution in [0.15, 0.2) is 42.2 Å².